The average molecular weight is 313 g/mol. The highest BCUT2D eigenvalue weighted by Crippen LogP contribution is 2.32. The van der Waals surface area contributed by atoms with Crippen LogP contribution in [0.4, 0.5) is 11.4 Å². The second kappa shape index (κ2) is 5.85. The molecule has 22 heavy (non-hydrogen) atoms. The van der Waals surface area contributed by atoms with Crippen molar-refractivity contribution in [1.82, 2.24) is 4.98 Å². The number of hydrogen-bond donors (Lipinski definition) is 1. The number of aryl methyl sites for hydroxylation is 2. The molecule has 1 N–H and O–H groups in total. The molecule has 0 unspecified atom stereocenters. The van der Waals surface area contributed by atoms with Crippen molar-refractivity contribution in [3.8, 4) is 5.75 Å². The standard InChI is InChI=1S/C18H17ClN2O/c1-11-9-13(19)7-8-15(11)21-16-10-12(2)20-18-14(16)5-4-6-17(18)22-3/h4-10H,1-3H3,(H,20,21). The Bertz CT molecular complexity index is 846. The van der Waals surface area contributed by atoms with Crippen LogP contribution in [0, 0.1) is 13.8 Å². The van der Waals surface area contributed by atoms with Crippen LogP contribution in [-0.2, 0) is 0 Å². The molecule has 0 aliphatic carbocycles. The topological polar surface area (TPSA) is 34.1 Å². The Hall–Kier alpha value is -2.26. The Balaban J connectivity index is 2.14. The van der Waals surface area contributed by atoms with Gasteiger partial charge in [-0.2, -0.15) is 0 Å². The normalized spacial score (nSPS) is 10.7. The van der Waals surface area contributed by atoms with Gasteiger partial charge in [0.15, 0.2) is 0 Å². The SMILES string of the molecule is COc1cccc2c(Nc3ccc(Cl)cc3C)cc(C)nc12. The van der Waals surface area contributed by atoms with Crippen molar-refractivity contribution in [3.63, 3.8) is 0 Å². The number of para-hydroxylation sites is 1. The van der Waals surface area contributed by atoms with E-state index in [0.29, 0.717) is 0 Å². The van der Waals surface area contributed by atoms with Crippen LogP contribution >= 0.6 is 11.6 Å². The largest absolute Gasteiger partial charge is 0.494 e. The zero-order valence-corrected chi connectivity index (χ0v) is 13.5. The van der Waals surface area contributed by atoms with Crippen LogP contribution in [0.1, 0.15) is 11.3 Å². The molecule has 0 amide bonds. The Labute approximate surface area is 134 Å². The van der Waals surface area contributed by atoms with Gasteiger partial charge in [-0.1, -0.05) is 23.7 Å². The molecule has 4 heteroatoms. The number of ether oxygens (including phenoxy) is 1. The number of rotatable bonds is 3. The third-order valence-electron chi connectivity index (χ3n) is 3.61. The van der Waals surface area contributed by atoms with E-state index in [9.17, 15) is 0 Å². The van der Waals surface area contributed by atoms with Crippen LogP contribution in [-0.4, -0.2) is 12.1 Å². The minimum Gasteiger partial charge on any atom is -0.494 e. The van der Waals surface area contributed by atoms with Gasteiger partial charge in [-0.3, -0.25) is 0 Å². The van der Waals surface area contributed by atoms with Gasteiger partial charge in [0.2, 0.25) is 0 Å². The van der Waals surface area contributed by atoms with E-state index in [1.807, 2.05) is 56.3 Å². The van der Waals surface area contributed by atoms with E-state index in [4.69, 9.17) is 16.3 Å². The lowest BCUT2D eigenvalue weighted by atomic mass is 10.1. The highest BCUT2D eigenvalue weighted by atomic mass is 35.5. The van der Waals surface area contributed by atoms with Crippen molar-refractivity contribution in [2.24, 2.45) is 0 Å². The molecule has 0 radical (unpaired) electrons. The molecule has 0 saturated heterocycles. The summed E-state index contributed by atoms with van der Waals surface area (Å²) in [5, 5.41) is 5.24. The molecule has 3 aromatic rings. The number of nitrogens with one attached hydrogen (secondary N) is 1. The molecule has 1 aromatic heterocycles. The smallest absolute Gasteiger partial charge is 0.145 e. The Kier molecular flexibility index (Phi) is 3.90. The van der Waals surface area contributed by atoms with Gasteiger partial charge in [-0.15, -0.1) is 0 Å². The van der Waals surface area contributed by atoms with Crippen LogP contribution in [0.3, 0.4) is 0 Å². The maximum atomic E-state index is 6.03. The van der Waals surface area contributed by atoms with Crippen LogP contribution in [0.2, 0.25) is 5.02 Å². The number of fused-ring (bicyclic) bond motifs is 1. The first-order chi connectivity index (χ1) is 10.6. The summed E-state index contributed by atoms with van der Waals surface area (Å²) in [6, 6.07) is 13.8. The lowest BCUT2D eigenvalue weighted by Crippen LogP contribution is -1.97. The number of methoxy groups -OCH3 is 1. The summed E-state index contributed by atoms with van der Waals surface area (Å²) in [4.78, 5) is 4.60. The number of halogens is 1. The van der Waals surface area contributed by atoms with E-state index in [-0.39, 0.29) is 0 Å². The quantitative estimate of drug-likeness (QED) is 0.716. The predicted octanol–water partition coefficient (Wildman–Crippen LogP) is 5.26. The molecule has 0 spiro atoms. The molecular weight excluding hydrogens is 296 g/mol. The molecule has 0 aliphatic rings. The zero-order chi connectivity index (χ0) is 15.7. The van der Waals surface area contributed by atoms with Gasteiger partial charge in [-0.25, -0.2) is 4.98 Å². The highest BCUT2D eigenvalue weighted by Gasteiger charge is 2.09. The Morgan fingerprint density at radius 1 is 1.05 bits per heavy atom. The van der Waals surface area contributed by atoms with Crippen molar-refractivity contribution in [2.75, 3.05) is 12.4 Å². The first-order valence-electron chi connectivity index (χ1n) is 7.06. The molecule has 3 rings (SSSR count). The van der Waals surface area contributed by atoms with Crippen molar-refractivity contribution in [1.29, 1.82) is 0 Å². The van der Waals surface area contributed by atoms with E-state index in [0.717, 1.165) is 44.3 Å². The van der Waals surface area contributed by atoms with E-state index in [1.165, 1.54) is 0 Å². The number of anilines is 2. The van der Waals surface area contributed by atoms with Gasteiger partial charge < -0.3 is 10.1 Å². The fourth-order valence-corrected chi connectivity index (χ4v) is 2.76. The highest BCUT2D eigenvalue weighted by molar-refractivity contribution is 6.30. The van der Waals surface area contributed by atoms with Crippen LogP contribution in [0.5, 0.6) is 5.75 Å². The summed E-state index contributed by atoms with van der Waals surface area (Å²) in [5.41, 5.74) is 4.93. The number of nitrogens with zero attached hydrogens (tertiary/aromatic N) is 1. The minimum absolute atomic E-state index is 0.737. The van der Waals surface area contributed by atoms with E-state index in [1.54, 1.807) is 7.11 Å². The van der Waals surface area contributed by atoms with E-state index < -0.39 is 0 Å². The molecule has 1 heterocycles. The van der Waals surface area contributed by atoms with Crippen molar-refractivity contribution in [2.45, 2.75) is 13.8 Å². The third-order valence-corrected chi connectivity index (χ3v) is 3.84. The monoisotopic (exact) mass is 312 g/mol. The van der Waals surface area contributed by atoms with Crippen molar-refractivity contribution < 1.29 is 4.74 Å². The molecular formula is C18H17ClN2O. The van der Waals surface area contributed by atoms with Gasteiger partial charge in [0.05, 0.1) is 7.11 Å². The Morgan fingerprint density at radius 3 is 2.59 bits per heavy atom. The van der Waals surface area contributed by atoms with Crippen LogP contribution in [0.15, 0.2) is 42.5 Å². The minimum atomic E-state index is 0.737. The molecule has 3 nitrogen and oxygen atoms in total. The summed E-state index contributed by atoms with van der Waals surface area (Å²) >= 11 is 6.03. The Morgan fingerprint density at radius 2 is 1.86 bits per heavy atom. The van der Waals surface area contributed by atoms with Gasteiger partial charge >= 0.3 is 0 Å². The maximum absolute atomic E-state index is 6.03. The number of benzene rings is 2. The summed E-state index contributed by atoms with van der Waals surface area (Å²) in [6.45, 7) is 4.01. The zero-order valence-electron chi connectivity index (χ0n) is 12.8. The van der Waals surface area contributed by atoms with Crippen molar-refractivity contribution in [3.05, 3.63) is 58.7 Å². The lowest BCUT2D eigenvalue weighted by Gasteiger charge is -2.14. The van der Waals surface area contributed by atoms with E-state index in [2.05, 4.69) is 10.3 Å². The van der Waals surface area contributed by atoms with Gasteiger partial charge in [0, 0.05) is 27.5 Å². The maximum Gasteiger partial charge on any atom is 0.145 e. The molecule has 0 saturated carbocycles. The molecule has 0 bridgehead atoms. The summed E-state index contributed by atoms with van der Waals surface area (Å²) in [6.07, 6.45) is 0. The average Bonchev–Trinajstić information content (AvgIpc) is 2.49. The van der Waals surface area contributed by atoms with E-state index >= 15 is 0 Å². The van der Waals surface area contributed by atoms with Gasteiger partial charge in [-0.05, 0) is 49.7 Å². The molecule has 2 aromatic carbocycles. The van der Waals surface area contributed by atoms with Crippen LogP contribution in [0.25, 0.3) is 10.9 Å². The number of pyridine rings is 1. The first kappa shape index (κ1) is 14.7. The third kappa shape index (κ3) is 2.72. The van der Waals surface area contributed by atoms with Gasteiger partial charge in [0.1, 0.15) is 11.3 Å². The lowest BCUT2D eigenvalue weighted by molar-refractivity contribution is 0.419. The predicted molar refractivity (Wildman–Crippen MR) is 92.5 cm³/mol. The molecule has 0 atom stereocenters. The summed E-state index contributed by atoms with van der Waals surface area (Å²) in [7, 11) is 1.66. The fourth-order valence-electron chi connectivity index (χ4n) is 2.53. The summed E-state index contributed by atoms with van der Waals surface area (Å²) in [5.74, 6) is 0.775. The summed E-state index contributed by atoms with van der Waals surface area (Å²) < 4.78 is 5.42. The number of hydrogen-bond acceptors (Lipinski definition) is 3. The second-order valence-corrected chi connectivity index (χ2v) is 5.69. The molecule has 0 aliphatic heterocycles. The molecule has 0 fully saturated rings. The molecule has 112 valence electrons. The fraction of sp³-hybridized carbons (Fsp3) is 0.167. The van der Waals surface area contributed by atoms with Gasteiger partial charge in [0.25, 0.3) is 0 Å². The second-order valence-electron chi connectivity index (χ2n) is 5.25. The van der Waals surface area contributed by atoms with Crippen molar-refractivity contribution >= 4 is 33.9 Å². The first-order valence-corrected chi connectivity index (χ1v) is 7.44. The van der Waals surface area contributed by atoms with Crippen LogP contribution < -0.4 is 10.1 Å². The number of aromatic nitrogens is 1.